The maximum Gasteiger partial charge on any atom is 0.164 e. The summed E-state index contributed by atoms with van der Waals surface area (Å²) in [7, 11) is -2.18. The van der Waals surface area contributed by atoms with Crippen molar-refractivity contribution in [1.29, 1.82) is 0 Å². The summed E-state index contributed by atoms with van der Waals surface area (Å²) in [4.78, 5) is 15.0. The SMILES string of the molecule is C[Si]1(c2ccccc2)c2ccccc2-c2ccc(-c3cccc(-c4cccc(-c5ccc(-c6nc(-c7ccccc7)nc(-c7cccc(-c8ccccc8)c7)n6)cc5)c4)c3)cc21. The number of hydrogen-bond acceptors (Lipinski definition) is 3. The molecule has 1 aliphatic rings. The number of benzene rings is 9. The van der Waals surface area contributed by atoms with Gasteiger partial charge >= 0.3 is 0 Å². The van der Waals surface area contributed by atoms with Gasteiger partial charge in [-0.1, -0.05) is 219 Å². The third kappa shape index (κ3) is 6.77. The summed E-state index contributed by atoms with van der Waals surface area (Å²) in [5.74, 6) is 1.92. The molecule has 4 heteroatoms. The highest BCUT2D eigenvalue weighted by molar-refractivity contribution is 7.13. The molecule has 10 aromatic rings. The normalized spacial score (nSPS) is 14.0. The summed E-state index contributed by atoms with van der Waals surface area (Å²) >= 11 is 0. The van der Waals surface area contributed by atoms with E-state index in [-0.39, 0.29) is 0 Å². The van der Waals surface area contributed by atoms with Crippen molar-refractivity contribution in [1.82, 2.24) is 15.0 Å². The highest BCUT2D eigenvalue weighted by Crippen LogP contribution is 2.35. The Hall–Kier alpha value is -7.79. The van der Waals surface area contributed by atoms with Gasteiger partial charge in [-0.2, -0.15) is 0 Å². The van der Waals surface area contributed by atoms with E-state index in [1.54, 1.807) is 0 Å². The molecule has 1 unspecified atom stereocenters. The lowest BCUT2D eigenvalue weighted by Crippen LogP contribution is -2.62. The van der Waals surface area contributed by atoms with Gasteiger partial charge in [0.1, 0.15) is 8.07 Å². The quantitative estimate of drug-likeness (QED) is 0.144. The average Bonchev–Trinajstić information content (AvgIpc) is 3.62. The van der Waals surface area contributed by atoms with Crippen LogP contribution in [0, 0.1) is 0 Å². The smallest absolute Gasteiger partial charge is 0.164 e. The van der Waals surface area contributed by atoms with Gasteiger partial charge in [-0.05, 0) is 89.4 Å². The first-order valence-corrected chi connectivity index (χ1v) is 23.7. The van der Waals surface area contributed by atoms with Gasteiger partial charge < -0.3 is 0 Å². The molecule has 0 fully saturated rings. The molecule has 0 radical (unpaired) electrons. The number of hydrogen-bond donors (Lipinski definition) is 0. The van der Waals surface area contributed by atoms with Crippen molar-refractivity contribution < 1.29 is 0 Å². The Kier molecular flexibility index (Phi) is 9.41. The molecule has 11 rings (SSSR count). The minimum Gasteiger partial charge on any atom is -0.208 e. The molecule has 0 N–H and O–H groups in total. The van der Waals surface area contributed by atoms with Gasteiger partial charge in [0.15, 0.2) is 17.5 Å². The van der Waals surface area contributed by atoms with E-state index in [9.17, 15) is 0 Å². The fraction of sp³-hybridized carbons (Fsp3) is 0.0172. The number of fused-ring (bicyclic) bond motifs is 3. The second-order valence-electron chi connectivity index (χ2n) is 16.2. The zero-order chi connectivity index (χ0) is 41.5. The minimum absolute atomic E-state index is 0.637. The van der Waals surface area contributed by atoms with Crippen molar-refractivity contribution in [3.8, 4) is 89.8 Å². The van der Waals surface area contributed by atoms with E-state index in [0.717, 1.165) is 38.9 Å². The van der Waals surface area contributed by atoms with E-state index in [1.165, 1.54) is 48.9 Å². The van der Waals surface area contributed by atoms with E-state index in [2.05, 4.69) is 201 Å². The van der Waals surface area contributed by atoms with Crippen LogP contribution in [0.4, 0.5) is 0 Å². The third-order valence-corrected chi connectivity index (χ3v) is 16.9. The Labute approximate surface area is 363 Å². The van der Waals surface area contributed by atoms with Gasteiger partial charge in [-0.25, -0.2) is 15.0 Å². The van der Waals surface area contributed by atoms with Gasteiger partial charge in [0, 0.05) is 16.7 Å². The number of aromatic nitrogens is 3. The molecule has 292 valence electrons. The summed E-state index contributed by atoms with van der Waals surface area (Å²) < 4.78 is 0. The predicted octanol–water partition coefficient (Wildman–Crippen LogP) is 12.6. The molecular formula is C58H41N3Si. The van der Waals surface area contributed by atoms with Gasteiger partial charge in [0.2, 0.25) is 0 Å². The molecule has 62 heavy (non-hydrogen) atoms. The van der Waals surface area contributed by atoms with Crippen molar-refractivity contribution in [3.05, 3.63) is 231 Å². The van der Waals surface area contributed by atoms with Crippen molar-refractivity contribution in [3.63, 3.8) is 0 Å². The van der Waals surface area contributed by atoms with Crippen LogP contribution in [0.25, 0.3) is 89.8 Å². The van der Waals surface area contributed by atoms with Crippen LogP contribution < -0.4 is 15.6 Å². The molecule has 1 atom stereocenters. The maximum absolute atomic E-state index is 5.06. The van der Waals surface area contributed by atoms with Crippen LogP contribution in [-0.4, -0.2) is 23.0 Å². The Bertz CT molecular complexity index is 3240. The summed E-state index contributed by atoms with van der Waals surface area (Å²) in [6.45, 7) is 2.51. The lowest BCUT2D eigenvalue weighted by atomic mass is 9.95. The van der Waals surface area contributed by atoms with Crippen LogP contribution in [0.1, 0.15) is 0 Å². The lowest BCUT2D eigenvalue weighted by Gasteiger charge is -2.26. The molecule has 1 aliphatic heterocycles. The highest BCUT2D eigenvalue weighted by atomic mass is 28.3. The Morgan fingerprint density at radius 1 is 0.258 bits per heavy atom. The summed E-state index contributed by atoms with van der Waals surface area (Å²) in [6.07, 6.45) is 0. The molecule has 0 saturated carbocycles. The second-order valence-corrected chi connectivity index (χ2v) is 20.1. The molecule has 0 aliphatic carbocycles. The first-order valence-electron chi connectivity index (χ1n) is 21.2. The highest BCUT2D eigenvalue weighted by Gasteiger charge is 2.43. The molecule has 0 saturated heterocycles. The summed E-state index contributed by atoms with van der Waals surface area (Å²) in [6, 6.07) is 82.7. The van der Waals surface area contributed by atoms with Crippen molar-refractivity contribution >= 4 is 23.6 Å². The zero-order valence-corrected chi connectivity index (χ0v) is 35.3. The van der Waals surface area contributed by atoms with Crippen LogP contribution in [-0.2, 0) is 0 Å². The second kappa shape index (κ2) is 15.7. The molecule has 3 nitrogen and oxygen atoms in total. The van der Waals surface area contributed by atoms with Crippen LogP contribution in [0.15, 0.2) is 231 Å². The third-order valence-electron chi connectivity index (χ3n) is 12.4. The molecule has 2 heterocycles. The first-order chi connectivity index (χ1) is 30.6. The predicted molar refractivity (Wildman–Crippen MR) is 260 cm³/mol. The fourth-order valence-corrected chi connectivity index (χ4v) is 13.3. The number of nitrogens with zero attached hydrogens (tertiary/aromatic N) is 3. The Morgan fingerprint density at radius 3 is 1.21 bits per heavy atom. The topological polar surface area (TPSA) is 38.7 Å². The van der Waals surface area contributed by atoms with Gasteiger partial charge in [0.25, 0.3) is 0 Å². The largest absolute Gasteiger partial charge is 0.208 e. The first kappa shape index (κ1) is 37.2. The fourth-order valence-electron chi connectivity index (χ4n) is 9.14. The van der Waals surface area contributed by atoms with Gasteiger partial charge in [-0.3, -0.25) is 0 Å². The van der Waals surface area contributed by atoms with Crippen LogP contribution in [0.3, 0.4) is 0 Å². The average molecular weight is 808 g/mol. The van der Waals surface area contributed by atoms with Gasteiger partial charge in [0.05, 0.1) is 0 Å². The Balaban J connectivity index is 0.908. The van der Waals surface area contributed by atoms with Crippen molar-refractivity contribution in [2.24, 2.45) is 0 Å². The molecular weight excluding hydrogens is 767 g/mol. The minimum atomic E-state index is -2.18. The van der Waals surface area contributed by atoms with Crippen LogP contribution >= 0.6 is 0 Å². The summed E-state index contributed by atoms with van der Waals surface area (Å²) in [5.41, 5.74) is 15.0. The van der Waals surface area contributed by atoms with Crippen LogP contribution in [0.2, 0.25) is 6.55 Å². The van der Waals surface area contributed by atoms with Crippen LogP contribution in [0.5, 0.6) is 0 Å². The van der Waals surface area contributed by atoms with Crippen molar-refractivity contribution in [2.45, 2.75) is 6.55 Å². The van der Waals surface area contributed by atoms with E-state index in [4.69, 9.17) is 15.0 Å². The van der Waals surface area contributed by atoms with Gasteiger partial charge in [-0.15, -0.1) is 0 Å². The zero-order valence-electron chi connectivity index (χ0n) is 34.3. The van der Waals surface area contributed by atoms with E-state index in [0.29, 0.717) is 17.5 Å². The molecule has 9 aromatic carbocycles. The number of rotatable bonds is 8. The molecule has 0 bridgehead atoms. The maximum atomic E-state index is 5.06. The van der Waals surface area contributed by atoms with E-state index in [1.807, 2.05) is 36.4 Å². The van der Waals surface area contributed by atoms with Crippen molar-refractivity contribution in [2.75, 3.05) is 0 Å². The Morgan fingerprint density at radius 2 is 0.613 bits per heavy atom. The standard InChI is InChI=1S/C58H41N3Si/c1-62(51-26-9-4-10-27-51)54-29-12-11-28-52(54)53-35-34-49(39-55(53)62)48-24-14-23-47(37-48)46-22-13-20-44(36-46)41-30-32-43(33-31-41)57-59-56(42-18-7-3-8-19-42)60-58(61-57)50-25-15-21-45(38-50)40-16-5-2-6-17-40/h2-39H,1H3. The summed E-state index contributed by atoms with van der Waals surface area (Å²) in [5, 5.41) is 4.43. The molecule has 0 spiro atoms. The molecule has 0 amide bonds. The molecule has 1 aromatic heterocycles. The van der Waals surface area contributed by atoms with E-state index >= 15 is 0 Å². The monoisotopic (exact) mass is 807 g/mol. The lowest BCUT2D eigenvalue weighted by molar-refractivity contribution is 1.07. The van der Waals surface area contributed by atoms with E-state index < -0.39 is 8.07 Å².